The lowest BCUT2D eigenvalue weighted by Gasteiger charge is -2.24. The van der Waals surface area contributed by atoms with Crippen molar-refractivity contribution >= 4 is 23.6 Å². The van der Waals surface area contributed by atoms with Gasteiger partial charge >= 0.3 is 6.03 Å². The van der Waals surface area contributed by atoms with Crippen LogP contribution in [0.1, 0.15) is 45.6 Å². The van der Waals surface area contributed by atoms with E-state index in [4.69, 9.17) is 14.2 Å². The molecule has 11 nitrogen and oxygen atoms in total. The fourth-order valence-electron chi connectivity index (χ4n) is 3.76. The normalized spacial score (nSPS) is 16.6. The van der Waals surface area contributed by atoms with Gasteiger partial charge in [-0.25, -0.2) is 4.79 Å². The molecule has 0 spiro atoms. The molecule has 3 unspecified atom stereocenters. The van der Waals surface area contributed by atoms with E-state index in [2.05, 4.69) is 21.3 Å². The standard InChI is InChI=1S/C25H38N4O7/c1-6-20(22(30)24(32)26-13-16-10-18(34-4)12-19(11-16)35-5)28-23(31)21(9-15(2)3)29-25(33)27-17-7-8-36-14-17/h10-12,15,17,20-21H,6-9,13-14H2,1-5H3,(H,26,32)(H,28,31)(H2,27,29,33). The molecule has 200 valence electrons. The second kappa shape index (κ2) is 14.3. The van der Waals surface area contributed by atoms with Crippen LogP contribution in [0.3, 0.4) is 0 Å². The second-order valence-electron chi connectivity index (χ2n) is 9.10. The van der Waals surface area contributed by atoms with Crippen LogP contribution in [0.15, 0.2) is 18.2 Å². The number of hydrogen-bond donors (Lipinski definition) is 4. The van der Waals surface area contributed by atoms with E-state index in [0.717, 1.165) is 0 Å². The predicted octanol–water partition coefficient (Wildman–Crippen LogP) is 1.29. The lowest BCUT2D eigenvalue weighted by atomic mass is 10.0. The van der Waals surface area contributed by atoms with Crippen molar-refractivity contribution in [2.45, 2.75) is 64.7 Å². The summed E-state index contributed by atoms with van der Waals surface area (Å²) < 4.78 is 15.7. The van der Waals surface area contributed by atoms with E-state index in [1.165, 1.54) is 14.2 Å². The lowest BCUT2D eigenvalue weighted by Crippen LogP contribution is -2.56. The fraction of sp³-hybridized carbons (Fsp3) is 0.600. The molecule has 0 bridgehead atoms. The lowest BCUT2D eigenvalue weighted by molar-refractivity contribution is -0.140. The third-order valence-corrected chi connectivity index (χ3v) is 5.72. The number of amides is 4. The van der Waals surface area contributed by atoms with Crippen LogP contribution in [0.2, 0.25) is 0 Å². The molecular formula is C25H38N4O7. The maximum atomic E-state index is 13.0. The molecule has 0 saturated carbocycles. The molecule has 0 aromatic heterocycles. The van der Waals surface area contributed by atoms with Gasteiger partial charge < -0.3 is 35.5 Å². The average molecular weight is 507 g/mol. The summed E-state index contributed by atoms with van der Waals surface area (Å²) in [6.45, 7) is 6.63. The Morgan fingerprint density at radius 1 is 1.03 bits per heavy atom. The van der Waals surface area contributed by atoms with Crippen molar-refractivity contribution in [2.24, 2.45) is 5.92 Å². The Bertz CT molecular complexity index is 893. The highest BCUT2D eigenvalue weighted by atomic mass is 16.5. The van der Waals surface area contributed by atoms with E-state index in [1.807, 2.05) is 13.8 Å². The summed E-state index contributed by atoms with van der Waals surface area (Å²) in [6.07, 6.45) is 1.29. The number of hydrogen-bond acceptors (Lipinski definition) is 7. The average Bonchev–Trinajstić information content (AvgIpc) is 3.37. The van der Waals surface area contributed by atoms with Crippen molar-refractivity contribution in [1.29, 1.82) is 0 Å². The van der Waals surface area contributed by atoms with Crippen LogP contribution in [0.4, 0.5) is 4.79 Å². The number of carbonyl (C=O) groups is 4. The van der Waals surface area contributed by atoms with Crippen molar-refractivity contribution in [2.75, 3.05) is 27.4 Å². The zero-order chi connectivity index (χ0) is 26.7. The Balaban J connectivity index is 1.97. The van der Waals surface area contributed by atoms with Gasteiger partial charge in [0.05, 0.1) is 32.9 Å². The molecule has 11 heteroatoms. The summed E-state index contributed by atoms with van der Waals surface area (Å²) >= 11 is 0. The third kappa shape index (κ3) is 9.03. The van der Waals surface area contributed by atoms with Gasteiger partial charge in [0.2, 0.25) is 11.7 Å². The van der Waals surface area contributed by atoms with E-state index in [0.29, 0.717) is 43.1 Å². The van der Waals surface area contributed by atoms with E-state index in [9.17, 15) is 19.2 Å². The van der Waals surface area contributed by atoms with E-state index in [1.54, 1.807) is 25.1 Å². The first-order valence-corrected chi connectivity index (χ1v) is 12.2. The highest BCUT2D eigenvalue weighted by Crippen LogP contribution is 2.22. The SMILES string of the molecule is CCC(NC(=O)C(CC(C)C)NC(=O)NC1CCOC1)C(=O)C(=O)NCc1cc(OC)cc(OC)c1. The Morgan fingerprint density at radius 3 is 2.22 bits per heavy atom. The molecule has 1 aromatic rings. The van der Waals surface area contributed by atoms with Gasteiger partial charge in [-0.15, -0.1) is 0 Å². The van der Waals surface area contributed by atoms with Gasteiger partial charge in [0, 0.05) is 19.2 Å². The summed E-state index contributed by atoms with van der Waals surface area (Å²) in [6, 6.07) is 2.67. The summed E-state index contributed by atoms with van der Waals surface area (Å²) in [4.78, 5) is 50.7. The van der Waals surface area contributed by atoms with Gasteiger partial charge in [-0.1, -0.05) is 20.8 Å². The Morgan fingerprint density at radius 2 is 1.69 bits per heavy atom. The summed E-state index contributed by atoms with van der Waals surface area (Å²) in [5, 5.41) is 10.7. The first-order valence-electron chi connectivity index (χ1n) is 12.2. The Kier molecular flexibility index (Phi) is 11.5. The molecule has 1 aliphatic heterocycles. The third-order valence-electron chi connectivity index (χ3n) is 5.72. The maximum absolute atomic E-state index is 13.0. The minimum absolute atomic E-state index is 0.0745. The fourth-order valence-corrected chi connectivity index (χ4v) is 3.76. The van der Waals surface area contributed by atoms with Crippen LogP contribution in [0, 0.1) is 5.92 Å². The molecular weight excluding hydrogens is 468 g/mol. The summed E-state index contributed by atoms with van der Waals surface area (Å²) in [5.74, 6) is -0.900. The number of ketones is 1. The minimum atomic E-state index is -1.03. The number of carbonyl (C=O) groups excluding carboxylic acids is 4. The van der Waals surface area contributed by atoms with Gasteiger partial charge in [0.1, 0.15) is 17.5 Å². The maximum Gasteiger partial charge on any atom is 0.315 e. The van der Waals surface area contributed by atoms with Crippen molar-refractivity contribution in [3.05, 3.63) is 23.8 Å². The van der Waals surface area contributed by atoms with Crippen molar-refractivity contribution in [1.82, 2.24) is 21.3 Å². The largest absolute Gasteiger partial charge is 0.497 e. The Hall–Kier alpha value is -3.34. The van der Waals surface area contributed by atoms with Gasteiger partial charge in [0.15, 0.2) is 0 Å². The van der Waals surface area contributed by atoms with Gasteiger partial charge in [-0.3, -0.25) is 14.4 Å². The highest BCUT2D eigenvalue weighted by Gasteiger charge is 2.30. The second-order valence-corrected chi connectivity index (χ2v) is 9.10. The van der Waals surface area contributed by atoms with E-state index < -0.39 is 35.7 Å². The van der Waals surface area contributed by atoms with Crippen molar-refractivity contribution in [3.8, 4) is 11.5 Å². The predicted molar refractivity (Wildman–Crippen MR) is 133 cm³/mol. The number of Topliss-reactive ketones (excluding diaryl/α,β-unsaturated/α-hetero) is 1. The van der Waals surface area contributed by atoms with E-state index in [-0.39, 0.29) is 24.9 Å². The molecule has 3 atom stereocenters. The number of ether oxygens (including phenoxy) is 3. The number of methoxy groups -OCH3 is 2. The molecule has 4 amide bonds. The summed E-state index contributed by atoms with van der Waals surface area (Å²) in [5.41, 5.74) is 0.685. The van der Waals surface area contributed by atoms with E-state index >= 15 is 0 Å². The van der Waals surface area contributed by atoms with Crippen molar-refractivity contribution in [3.63, 3.8) is 0 Å². The van der Waals surface area contributed by atoms with Crippen molar-refractivity contribution < 1.29 is 33.4 Å². The number of urea groups is 1. The van der Waals surface area contributed by atoms with Gasteiger partial charge in [0.25, 0.3) is 5.91 Å². The molecule has 2 rings (SSSR count). The topological polar surface area (TPSA) is 144 Å². The van der Waals surface area contributed by atoms with Gasteiger partial charge in [-0.05, 0) is 42.9 Å². The molecule has 1 heterocycles. The highest BCUT2D eigenvalue weighted by molar-refractivity contribution is 6.38. The number of rotatable bonds is 13. The van der Waals surface area contributed by atoms with Crippen LogP contribution in [0.5, 0.6) is 11.5 Å². The molecule has 0 aliphatic carbocycles. The van der Waals surface area contributed by atoms with Crippen LogP contribution in [0.25, 0.3) is 0 Å². The first-order chi connectivity index (χ1) is 17.2. The number of benzene rings is 1. The number of nitrogens with one attached hydrogen (secondary N) is 4. The Labute approximate surface area is 212 Å². The molecule has 1 aromatic carbocycles. The van der Waals surface area contributed by atoms with Crippen LogP contribution in [-0.4, -0.2) is 69.2 Å². The van der Waals surface area contributed by atoms with Crippen LogP contribution in [-0.2, 0) is 25.7 Å². The molecule has 36 heavy (non-hydrogen) atoms. The van der Waals surface area contributed by atoms with Gasteiger partial charge in [-0.2, -0.15) is 0 Å². The monoisotopic (exact) mass is 506 g/mol. The zero-order valence-electron chi connectivity index (χ0n) is 21.6. The van der Waals surface area contributed by atoms with Crippen LogP contribution < -0.4 is 30.7 Å². The smallest absolute Gasteiger partial charge is 0.315 e. The van der Waals surface area contributed by atoms with Crippen LogP contribution >= 0.6 is 0 Å². The zero-order valence-corrected chi connectivity index (χ0v) is 21.6. The molecule has 0 radical (unpaired) electrons. The quantitative estimate of drug-likeness (QED) is 0.295. The minimum Gasteiger partial charge on any atom is -0.497 e. The first kappa shape index (κ1) is 28.9. The molecule has 4 N–H and O–H groups in total. The molecule has 1 aliphatic rings. The molecule has 1 fully saturated rings. The molecule has 1 saturated heterocycles. The summed E-state index contributed by atoms with van der Waals surface area (Å²) in [7, 11) is 3.03.